The highest BCUT2D eigenvalue weighted by atomic mass is 32.2. The van der Waals surface area contributed by atoms with Gasteiger partial charge in [0.1, 0.15) is 0 Å². The molecule has 1 aliphatic carbocycles. The van der Waals surface area contributed by atoms with E-state index in [0.29, 0.717) is 51.3 Å². The minimum Gasteiger partial charge on any atom is -0.448 e. The molecule has 0 radical (unpaired) electrons. The minimum absolute atomic E-state index is 0.0490. The van der Waals surface area contributed by atoms with Gasteiger partial charge in [0, 0.05) is 102 Å². The number of hydrogen-bond donors (Lipinski definition) is 2. The third kappa shape index (κ3) is 7.28. The van der Waals surface area contributed by atoms with Crippen molar-refractivity contribution in [1.29, 1.82) is 0 Å². The zero-order valence-corrected chi connectivity index (χ0v) is 29.9. The topological polar surface area (TPSA) is 113 Å². The quantitative estimate of drug-likeness (QED) is 0.206. The van der Waals surface area contributed by atoms with Gasteiger partial charge in [0.15, 0.2) is 11.5 Å². The summed E-state index contributed by atoms with van der Waals surface area (Å²) in [5.41, 5.74) is 3.23. The van der Waals surface area contributed by atoms with Crippen molar-refractivity contribution >= 4 is 23.6 Å². The first-order chi connectivity index (χ1) is 23.3. The van der Waals surface area contributed by atoms with Crippen LogP contribution in [0, 0.1) is 19.8 Å². The normalized spacial score (nSPS) is 23.4. The molecule has 1 saturated heterocycles. The highest BCUT2D eigenvalue weighted by Crippen LogP contribution is 2.52. The molecule has 3 atom stereocenters. The molecule has 2 aliphatic heterocycles. The first-order valence-electron chi connectivity index (χ1n) is 17.0. The standard InChI is InChI=1S/C36H46F2N6O4S/c1-21-16-29(49-6)28(33(46)42-21)20-39-32(45)26-17-27(23-18-40-34(41-19-23)44-14-12-36(37,38)13-15-44)31-30(22(26)2)47-35(3,48-31)24-8-7-9-25(11-10-24)43(4)5/h16-19,24-25H,7-15,20H2,1-6H3,(H,39,45)(H,42,46)/t24?,25-,35?/m1/s1. The van der Waals surface area contributed by atoms with E-state index in [1.165, 1.54) is 11.8 Å². The Hall–Kier alpha value is -3.71. The number of fused-ring (bicyclic) bond motifs is 1. The molecule has 13 heteroatoms. The fraction of sp³-hybridized carbons (Fsp3) is 0.556. The average Bonchev–Trinajstić information content (AvgIpc) is 3.24. The Morgan fingerprint density at radius 3 is 2.45 bits per heavy atom. The van der Waals surface area contributed by atoms with Crippen LogP contribution in [0.3, 0.4) is 0 Å². The molecule has 3 aromatic rings. The number of H-pyrrole nitrogens is 1. The number of anilines is 1. The van der Waals surface area contributed by atoms with Gasteiger partial charge >= 0.3 is 0 Å². The van der Waals surface area contributed by atoms with E-state index in [0.717, 1.165) is 42.7 Å². The van der Waals surface area contributed by atoms with Crippen LogP contribution in [0.4, 0.5) is 14.7 Å². The maximum absolute atomic E-state index is 13.9. The first-order valence-corrected chi connectivity index (χ1v) is 18.2. The maximum Gasteiger partial charge on any atom is 0.254 e. The predicted octanol–water partition coefficient (Wildman–Crippen LogP) is 6.33. The molecule has 2 unspecified atom stereocenters. The number of hydrogen-bond acceptors (Lipinski definition) is 9. The van der Waals surface area contributed by atoms with E-state index in [2.05, 4.69) is 39.3 Å². The molecule has 0 bridgehead atoms. The number of nitrogens with one attached hydrogen (secondary N) is 2. The number of pyridine rings is 1. The number of benzene rings is 1. The van der Waals surface area contributed by atoms with Crippen molar-refractivity contribution < 1.29 is 23.0 Å². The molecular weight excluding hydrogens is 650 g/mol. The van der Waals surface area contributed by atoms with Gasteiger partial charge in [0.2, 0.25) is 5.95 Å². The number of nitrogens with zero attached hydrogens (tertiary/aromatic N) is 4. The van der Waals surface area contributed by atoms with E-state index in [1.54, 1.807) is 23.4 Å². The SMILES string of the molecule is CSc1cc(C)[nH]c(=O)c1CNC(=O)c1cc(-c2cnc(N3CCC(F)(F)CC3)nc2)c2c(c1C)OC(C)(C1CCC[C@@H](N(C)C)CC1)O2. The molecule has 6 rings (SSSR count). The Kier molecular flexibility index (Phi) is 9.96. The van der Waals surface area contributed by atoms with Crippen LogP contribution >= 0.6 is 11.8 Å². The Bertz CT molecular complexity index is 1760. The van der Waals surface area contributed by atoms with Gasteiger partial charge in [-0.2, -0.15) is 0 Å². The summed E-state index contributed by atoms with van der Waals surface area (Å²) in [4.78, 5) is 43.5. The summed E-state index contributed by atoms with van der Waals surface area (Å²) in [6.45, 7) is 6.04. The van der Waals surface area contributed by atoms with Crippen molar-refractivity contribution in [2.24, 2.45) is 5.92 Å². The van der Waals surface area contributed by atoms with E-state index in [4.69, 9.17) is 9.47 Å². The van der Waals surface area contributed by atoms with Crippen LogP contribution in [0.1, 0.15) is 79.0 Å². The molecule has 1 amide bonds. The van der Waals surface area contributed by atoms with Crippen molar-refractivity contribution in [3.63, 3.8) is 0 Å². The number of alkyl halides is 2. The van der Waals surface area contributed by atoms with Crippen LogP contribution in [0.2, 0.25) is 0 Å². The lowest BCUT2D eigenvalue weighted by atomic mass is 9.91. The molecule has 2 N–H and O–H groups in total. The highest BCUT2D eigenvalue weighted by Gasteiger charge is 2.47. The molecule has 10 nitrogen and oxygen atoms in total. The fourth-order valence-corrected chi connectivity index (χ4v) is 7.99. The van der Waals surface area contributed by atoms with Crippen LogP contribution in [0.5, 0.6) is 11.5 Å². The first kappa shape index (κ1) is 35.1. The smallest absolute Gasteiger partial charge is 0.254 e. The number of carbonyl (C=O) groups is 1. The lowest BCUT2D eigenvalue weighted by Gasteiger charge is -2.32. The van der Waals surface area contributed by atoms with Gasteiger partial charge in [-0.3, -0.25) is 9.59 Å². The number of aromatic nitrogens is 3. The van der Waals surface area contributed by atoms with Crippen molar-refractivity contribution in [2.45, 2.75) is 94.9 Å². The molecule has 2 fully saturated rings. The maximum atomic E-state index is 13.9. The highest BCUT2D eigenvalue weighted by molar-refractivity contribution is 7.98. The molecule has 264 valence electrons. The number of rotatable bonds is 8. The van der Waals surface area contributed by atoms with Gasteiger partial charge < -0.3 is 29.6 Å². The van der Waals surface area contributed by atoms with Gasteiger partial charge in [-0.05, 0) is 72.0 Å². The van der Waals surface area contributed by atoms with Crippen molar-refractivity contribution in [3.8, 4) is 22.6 Å². The molecule has 49 heavy (non-hydrogen) atoms. The van der Waals surface area contributed by atoms with Crippen molar-refractivity contribution in [2.75, 3.05) is 38.3 Å². The number of aryl methyl sites for hydroxylation is 1. The number of ether oxygens (including phenoxy) is 2. The van der Waals surface area contributed by atoms with Crippen LogP contribution in [-0.4, -0.2) is 77.0 Å². The second-order valence-corrected chi connectivity index (χ2v) is 14.8. The van der Waals surface area contributed by atoms with Crippen molar-refractivity contribution in [3.05, 3.63) is 57.3 Å². The monoisotopic (exact) mass is 696 g/mol. The summed E-state index contributed by atoms with van der Waals surface area (Å²) in [6.07, 6.45) is 9.79. The summed E-state index contributed by atoms with van der Waals surface area (Å²) < 4.78 is 41.1. The lowest BCUT2D eigenvalue weighted by molar-refractivity contribution is -0.114. The van der Waals surface area contributed by atoms with Crippen LogP contribution in [0.25, 0.3) is 11.1 Å². The molecule has 4 heterocycles. The largest absolute Gasteiger partial charge is 0.448 e. The Morgan fingerprint density at radius 2 is 1.78 bits per heavy atom. The Balaban J connectivity index is 1.33. The number of amides is 1. The summed E-state index contributed by atoms with van der Waals surface area (Å²) in [6, 6.07) is 4.16. The molecular formula is C36H46F2N6O4S. The van der Waals surface area contributed by atoms with E-state index in [1.807, 2.05) is 33.1 Å². The van der Waals surface area contributed by atoms with E-state index < -0.39 is 11.7 Å². The Labute approximate surface area is 290 Å². The van der Waals surface area contributed by atoms with Crippen molar-refractivity contribution in [1.82, 2.24) is 25.2 Å². The zero-order valence-electron chi connectivity index (χ0n) is 29.1. The van der Waals surface area contributed by atoms with E-state index in [-0.39, 0.29) is 49.9 Å². The average molecular weight is 697 g/mol. The number of piperidine rings is 1. The number of carbonyl (C=O) groups excluding carboxylic acids is 1. The summed E-state index contributed by atoms with van der Waals surface area (Å²) in [7, 11) is 4.25. The van der Waals surface area contributed by atoms with Crippen LogP contribution in [-0.2, 0) is 6.54 Å². The van der Waals surface area contributed by atoms with Gasteiger partial charge in [0.05, 0.1) is 0 Å². The fourth-order valence-electron chi connectivity index (χ4n) is 7.28. The third-order valence-electron chi connectivity index (χ3n) is 10.4. The molecule has 2 aromatic heterocycles. The molecule has 1 aromatic carbocycles. The van der Waals surface area contributed by atoms with E-state index in [9.17, 15) is 18.4 Å². The van der Waals surface area contributed by atoms with Gasteiger partial charge in [-0.15, -0.1) is 11.8 Å². The molecule has 1 saturated carbocycles. The minimum atomic E-state index is -2.67. The Morgan fingerprint density at radius 1 is 1.08 bits per heavy atom. The van der Waals surface area contributed by atoms with Gasteiger partial charge in [-0.1, -0.05) is 6.42 Å². The zero-order chi connectivity index (χ0) is 35.1. The van der Waals surface area contributed by atoms with Crippen LogP contribution < -0.4 is 25.2 Å². The second kappa shape index (κ2) is 13.9. The summed E-state index contributed by atoms with van der Waals surface area (Å²) >= 11 is 1.45. The third-order valence-corrected chi connectivity index (χ3v) is 11.2. The summed E-state index contributed by atoms with van der Waals surface area (Å²) in [5.74, 6) is -2.44. The predicted molar refractivity (Wildman–Crippen MR) is 187 cm³/mol. The number of aromatic amines is 1. The second-order valence-electron chi connectivity index (χ2n) is 13.9. The molecule has 0 spiro atoms. The van der Waals surface area contributed by atoms with E-state index >= 15 is 0 Å². The lowest BCUT2D eigenvalue weighted by Crippen LogP contribution is -2.43. The van der Waals surface area contributed by atoms with Crippen LogP contribution in [0.15, 0.2) is 34.2 Å². The number of halogens is 2. The molecule has 3 aliphatic rings. The van der Waals surface area contributed by atoms with Gasteiger partial charge in [0.25, 0.3) is 23.2 Å². The number of thioether (sulfide) groups is 1. The summed E-state index contributed by atoms with van der Waals surface area (Å²) in [5, 5.41) is 2.96. The van der Waals surface area contributed by atoms with Gasteiger partial charge in [-0.25, -0.2) is 18.7 Å².